The first-order chi connectivity index (χ1) is 10.6. The SMILES string of the molecule is N#Cc1cc([N+](=O)[O-])cnc1NCC1(c2ccccc2)CC1. The Balaban J connectivity index is 1.78. The minimum atomic E-state index is -0.552. The smallest absolute Gasteiger partial charge is 0.289 e. The number of nitro groups is 1. The Bertz CT molecular complexity index is 748. The number of anilines is 1. The van der Waals surface area contributed by atoms with Crippen LogP contribution < -0.4 is 5.32 Å². The lowest BCUT2D eigenvalue weighted by Gasteiger charge is -2.17. The quantitative estimate of drug-likeness (QED) is 0.676. The third-order valence-corrected chi connectivity index (χ3v) is 4.04. The Morgan fingerprint density at radius 3 is 2.68 bits per heavy atom. The second-order valence-electron chi connectivity index (χ2n) is 5.46. The molecule has 1 aliphatic rings. The van der Waals surface area contributed by atoms with Crippen molar-refractivity contribution in [3.63, 3.8) is 0 Å². The molecule has 22 heavy (non-hydrogen) atoms. The number of aromatic nitrogens is 1. The first-order valence-corrected chi connectivity index (χ1v) is 6.99. The fraction of sp³-hybridized carbons (Fsp3) is 0.250. The molecule has 1 aliphatic carbocycles. The highest BCUT2D eigenvalue weighted by Crippen LogP contribution is 2.48. The first-order valence-electron chi connectivity index (χ1n) is 6.99. The van der Waals surface area contributed by atoms with Gasteiger partial charge >= 0.3 is 0 Å². The topological polar surface area (TPSA) is 91.8 Å². The summed E-state index contributed by atoms with van der Waals surface area (Å²) < 4.78 is 0. The van der Waals surface area contributed by atoms with Gasteiger partial charge in [0.15, 0.2) is 0 Å². The highest BCUT2D eigenvalue weighted by molar-refractivity contribution is 5.56. The van der Waals surface area contributed by atoms with Crippen molar-refractivity contribution in [1.29, 1.82) is 5.26 Å². The van der Waals surface area contributed by atoms with Gasteiger partial charge < -0.3 is 5.32 Å². The molecule has 0 atom stereocenters. The summed E-state index contributed by atoms with van der Waals surface area (Å²) in [6, 6.07) is 13.4. The van der Waals surface area contributed by atoms with Crippen LogP contribution in [-0.2, 0) is 5.41 Å². The Morgan fingerprint density at radius 2 is 2.09 bits per heavy atom. The van der Waals surface area contributed by atoms with Crippen LogP contribution >= 0.6 is 0 Å². The van der Waals surface area contributed by atoms with Crippen LogP contribution in [0.15, 0.2) is 42.6 Å². The number of nitriles is 1. The number of pyridine rings is 1. The van der Waals surface area contributed by atoms with Crippen molar-refractivity contribution in [2.75, 3.05) is 11.9 Å². The molecule has 1 aromatic carbocycles. The van der Waals surface area contributed by atoms with Crippen LogP contribution in [-0.4, -0.2) is 16.5 Å². The maximum absolute atomic E-state index is 10.7. The zero-order valence-corrected chi connectivity index (χ0v) is 11.8. The number of rotatable bonds is 5. The van der Waals surface area contributed by atoms with E-state index >= 15 is 0 Å². The molecule has 2 aromatic rings. The van der Waals surface area contributed by atoms with Crippen molar-refractivity contribution in [1.82, 2.24) is 4.98 Å². The normalized spacial score (nSPS) is 14.9. The van der Waals surface area contributed by atoms with Crippen LogP contribution in [0.4, 0.5) is 11.5 Å². The van der Waals surface area contributed by atoms with E-state index in [-0.39, 0.29) is 16.7 Å². The van der Waals surface area contributed by atoms with E-state index in [1.54, 1.807) is 0 Å². The third-order valence-electron chi connectivity index (χ3n) is 4.04. The third kappa shape index (κ3) is 2.61. The number of benzene rings is 1. The number of nitrogens with one attached hydrogen (secondary N) is 1. The largest absolute Gasteiger partial charge is 0.368 e. The van der Waals surface area contributed by atoms with Crippen LogP contribution in [0.1, 0.15) is 24.0 Å². The number of nitrogens with zero attached hydrogens (tertiary/aromatic N) is 3. The molecule has 6 nitrogen and oxygen atoms in total. The van der Waals surface area contributed by atoms with Gasteiger partial charge in [0.05, 0.1) is 4.92 Å². The van der Waals surface area contributed by atoms with Gasteiger partial charge in [-0.05, 0) is 18.4 Å². The van der Waals surface area contributed by atoms with E-state index in [1.165, 1.54) is 17.8 Å². The average Bonchev–Trinajstić information content (AvgIpc) is 3.34. The molecule has 1 saturated carbocycles. The van der Waals surface area contributed by atoms with Crippen molar-refractivity contribution in [2.45, 2.75) is 18.3 Å². The van der Waals surface area contributed by atoms with E-state index in [0.717, 1.165) is 12.8 Å². The van der Waals surface area contributed by atoms with Gasteiger partial charge in [-0.1, -0.05) is 30.3 Å². The molecule has 110 valence electrons. The molecule has 0 bridgehead atoms. The van der Waals surface area contributed by atoms with Gasteiger partial charge in [-0.2, -0.15) is 5.26 Å². The van der Waals surface area contributed by atoms with Gasteiger partial charge in [-0.3, -0.25) is 10.1 Å². The van der Waals surface area contributed by atoms with E-state index in [0.29, 0.717) is 12.4 Å². The molecule has 0 amide bonds. The van der Waals surface area contributed by atoms with Crippen LogP contribution in [0.3, 0.4) is 0 Å². The van der Waals surface area contributed by atoms with Crippen molar-refractivity contribution < 1.29 is 4.92 Å². The predicted molar refractivity (Wildman–Crippen MR) is 81.5 cm³/mol. The molecule has 1 aromatic heterocycles. The predicted octanol–water partition coefficient (Wildman–Crippen LogP) is 3.01. The Morgan fingerprint density at radius 1 is 1.36 bits per heavy atom. The lowest BCUT2D eigenvalue weighted by Crippen LogP contribution is -2.20. The molecule has 0 spiro atoms. The molecule has 6 heteroatoms. The second-order valence-corrected chi connectivity index (χ2v) is 5.46. The molecule has 3 rings (SSSR count). The minimum absolute atomic E-state index is 0.0808. The lowest BCUT2D eigenvalue weighted by atomic mass is 9.96. The Hall–Kier alpha value is -2.94. The molecular formula is C16H14N4O2. The summed E-state index contributed by atoms with van der Waals surface area (Å²) >= 11 is 0. The van der Waals surface area contributed by atoms with E-state index in [4.69, 9.17) is 5.26 Å². The molecule has 0 aliphatic heterocycles. The summed E-state index contributed by atoms with van der Waals surface area (Å²) in [5.41, 5.74) is 1.37. The highest BCUT2D eigenvalue weighted by Gasteiger charge is 2.44. The molecule has 1 heterocycles. The standard InChI is InChI=1S/C16H14N4O2/c17-9-12-8-14(20(21)22)10-18-15(12)19-11-16(6-7-16)13-4-2-1-3-5-13/h1-5,8,10H,6-7,11H2,(H,18,19). The lowest BCUT2D eigenvalue weighted by molar-refractivity contribution is -0.385. The summed E-state index contributed by atoms with van der Waals surface area (Å²) in [7, 11) is 0. The van der Waals surface area contributed by atoms with Gasteiger partial charge in [0.2, 0.25) is 0 Å². The minimum Gasteiger partial charge on any atom is -0.368 e. The van der Waals surface area contributed by atoms with Crippen molar-refractivity contribution in [3.8, 4) is 6.07 Å². The molecule has 0 radical (unpaired) electrons. The Kier molecular flexibility index (Phi) is 3.47. The maximum atomic E-state index is 10.7. The van der Waals surface area contributed by atoms with Crippen LogP contribution in [0.5, 0.6) is 0 Å². The molecule has 0 unspecified atom stereocenters. The summed E-state index contributed by atoms with van der Waals surface area (Å²) in [6.45, 7) is 0.663. The van der Waals surface area contributed by atoms with Gasteiger partial charge in [0, 0.05) is 18.0 Å². The van der Waals surface area contributed by atoms with Gasteiger partial charge in [0.25, 0.3) is 5.69 Å². The van der Waals surface area contributed by atoms with E-state index < -0.39 is 4.92 Å². The van der Waals surface area contributed by atoms with E-state index in [2.05, 4.69) is 22.4 Å². The number of hydrogen-bond donors (Lipinski definition) is 1. The van der Waals surface area contributed by atoms with Crippen molar-refractivity contribution in [2.24, 2.45) is 0 Å². The Labute approximate surface area is 127 Å². The van der Waals surface area contributed by atoms with Crippen LogP contribution in [0.25, 0.3) is 0 Å². The monoisotopic (exact) mass is 294 g/mol. The summed E-state index contributed by atoms with van der Waals surface area (Å²) in [6.07, 6.45) is 3.34. The van der Waals surface area contributed by atoms with E-state index in [9.17, 15) is 10.1 Å². The molecule has 1 fully saturated rings. The summed E-state index contributed by atoms with van der Waals surface area (Å²) in [5, 5.41) is 23.0. The van der Waals surface area contributed by atoms with Crippen molar-refractivity contribution >= 4 is 11.5 Å². The summed E-state index contributed by atoms with van der Waals surface area (Å²) in [5.74, 6) is 0.398. The zero-order valence-electron chi connectivity index (χ0n) is 11.8. The molecular weight excluding hydrogens is 280 g/mol. The van der Waals surface area contributed by atoms with Gasteiger partial charge in [0.1, 0.15) is 23.6 Å². The fourth-order valence-corrected chi connectivity index (χ4v) is 2.54. The molecule has 0 saturated heterocycles. The zero-order chi connectivity index (χ0) is 15.6. The van der Waals surface area contributed by atoms with Crippen LogP contribution in [0.2, 0.25) is 0 Å². The summed E-state index contributed by atoms with van der Waals surface area (Å²) in [4.78, 5) is 14.2. The molecule has 1 N–H and O–H groups in total. The van der Waals surface area contributed by atoms with Gasteiger partial charge in [-0.15, -0.1) is 0 Å². The van der Waals surface area contributed by atoms with Crippen LogP contribution in [0, 0.1) is 21.4 Å². The highest BCUT2D eigenvalue weighted by atomic mass is 16.6. The first kappa shape index (κ1) is 14.0. The number of hydrogen-bond acceptors (Lipinski definition) is 5. The fourth-order valence-electron chi connectivity index (χ4n) is 2.54. The van der Waals surface area contributed by atoms with E-state index in [1.807, 2.05) is 24.3 Å². The second kappa shape index (κ2) is 5.45. The van der Waals surface area contributed by atoms with Gasteiger partial charge in [-0.25, -0.2) is 4.98 Å². The average molecular weight is 294 g/mol. The van der Waals surface area contributed by atoms with Crippen molar-refractivity contribution in [3.05, 3.63) is 63.8 Å². The maximum Gasteiger partial charge on any atom is 0.289 e.